The second kappa shape index (κ2) is 6.20. The molecule has 0 saturated carbocycles. The fourth-order valence-corrected chi connectivity index (χ4v) is 2.99. The molecule has 1 aliphatic rings. The summed E-state index contributed by atoms with van der Waals surface area (Å²) < 4.78 is 18.7. The summed E-state index contributed by atoms with van der Waals surface area (Å²) in [6, 6.07) is 7.06. The number of hydrogen-bond acceptors (Lipinski definition) is 3. The fraction of sp³-hybridized carbons (Fsp3) is 0.625. The van der Waals surface area contributed by atoms with E-state index in [1.165, 1.54) is 12.1 Å². The maximum atomic E-state index is 13.0. The maximum absolute atomic E-state index is 13.0. The third-order valence-corrected chi connectivity index (χ3v) is 4.24. The summed E-state index contributed by atoms with van der Waals surface area (Å²) in [6.07, 6.45) is 1.05. The second-order valence-corrected chi connectivity index (χ2v) is 6.15. The molecule has 1 saturated heterocycles. The molecule has 1 aromatic rings. The van der Waals surface area contributed by atoms with Crippen molar-refractivity contribution >= 4 is 0 Å². The summed E-state index contributed by atoms with van der Waals surface area (Å²) in [6.45, 7) is 8.64. The van der Waals surface area contributed by atoms with Gasteiger partial charge in [-0.05, 0) is 44.9 Å². The van der Waals surface area contributed by atoms with Crippen molar-refractivity contribution in [1.29, 1.82) is 0 Å². The largest absolute Gasteiger partial charge is 0.376 e. The maximum Gasteiger partial charge on any atom is 0.123 e. The summed E-state index contributed by atoms with van der Waals surface area (Å²) in [5.41, 5.74) is 7.05. The van der Waals surface area contributed by atoms with Crippen molar-refractivity contribution in [1.82, 2.24) is 4.90 Å². The first-order valence-corrected chi connectivity index (χ1v) is 7.27. The Morgan fingerprint density at radius 2 is 2.00 bits per heavy atom. The monoisotopic (exact) mass is 280 g/mol. The molecule has 3 unspecified atom stereocenters. The van der Waals surface area contributed by atoms with Crippen molar-refractivity contribution in [2.45, 2.75) is 44.9 Å². The Bertz CT molecular complexity index is 437. The molecule has 1 aromatic carbocycles. The van der Waals surface area contributed by atoms with E-state index in [0.717, 1.165) is 25.1 Å². The van der Waals surface area contributed by atoms with E-state index in [2.05, 4.69) is 25.7 Å². The minimum absolute atomic E-state index is 0.130. The molecule has 0 amide bonds. The molecule has 0 spiro atoms. The van der Waals surface area contributed by atoms with E-state index in [9.17, 15) is 4.39 Å². The predicted octanol–water partition coefficient (Wildman–Crippen LogP) is 2.19. The fourth-order valence-electron chi connectivity index (χ4n) is 2.99. The molecule has 1 fully saturated rings. The Balaban J connectivity index is 2.16. The highest BCUT2D eigenvalue weighted by molar-refractivity contribution is 5.19. The molecule has 0 aliphatic carbocycles. The molecule has 112 valence electrons. The van der Waals surface area contributed by atoms with Crippen molar-refractivity contribution in [2.24, 2.45) is 5.73 Å². The van der Waals surface area contributed by atoms with Gasteiger partial charge in [-0.15, -0.1) is 0 Å². The summed E-state index contributed by atoms with van der Waals surface area (Å²) in [4.78, 5) is 2.44. The van der Waals surface area contributed by atoms with Crippen LogP contribution in [0.5, 0.6) is 0 Å². The van der Waals surface area contributed by atoms with Gasteiger partial charge < -0.3 is 10.5 Å². The van der Waals surface area contributed by atoms with Crippen LogP contribution in [0, 0.1) is 5.82 Å². The summed E-state index contributed by atoms with van der Waals surface area (Å²) in [7, 11) is 0. The normalized spacial score (nSPS) is 27.2. The van der Waals surface area contributed by atoms with E-state index < -0.39 is 0 Å². The molecule has 1 aliphatic heterocycles. The topological polar surface area (TPSA) is 38.5 Å². The number of nitrogens with zero attached hydrogens (tertiary/aromatic N) is 1. The Morgan fingerprint density at radius 1 is 1.35 bits per heavy atom. The van der Waals surface area contributed by atoms with Gasteiger partial charge in [0, 0.05) is 24.7 Å². The quantitative estimate of drug-likeness (QED) is 0.919. The van der Waals surface area contributed by atoms with Crippen molar-refractivity contribution in [3.05, 3.63) is 35.6 Å². The van der Waals surface area contributed by atoms with Crippen LogP contribution >= 0.6 is 0 Å². The van der Waals surface area contributed by atoms with Gasteiger partial charge in [-0.2, -0.15) is 0 Å². The molecule has 4 heteroatoms. The Kier molecular flexibility index (Phi) is 4.78. The molecule has 1 heterocycles. The van der Waals surface area contributed by atoms with Gasteiger partial charge in [-0.1, -0.05) is 12.1 Å². The van der Waals surface area contributed by atoms with Gasteiger partial charge in [0.1, 0.15) is 5.82 Å². The Hall–Kier alpha value is -0.970. The van der Waals surface area contributed by atoms with Crippen LogP contribution in [0.3, 0.4) is 0 Å². The molecular weight excluding hydrogens is 255 g/mol. The lowest BCUT2D eigenvalue weighted by molar-refractivity contribution is -0.0881. The van der Waals surface area contributed by atoms with Crippen LogP contribution < -0.4 is 5.73 Å². The van der Waals surface area contributed by atoms with Crippen molar-refractivity contribution < 1.29 is 9.13 Å². The first kappa shape index (κ1) is 15.4. The number of benzene rings is 1. The van der Waals surface area contributed by atoms with Gasteiger partial charge in [0.2, 0.25) is 0 Å². The van der Waals surface area contributed by atoms with Gasteiger partial charge in [0.05, 0.1) is 12.7 Å². The number of halogens is 1. The summed E-state index contributed by atoms with van der Waals surface area (Å²) >= 11 is 0. The standard InChI is InChI=1S/C16H25FN2O/c1-12-10-20-13(2)9-19(12)16(3,11-18)8-14-4-6-15(17)7-5-14/h4-7,12-13H,8-11,18H2,1-3H3. The molecule has 0 radical (unpaired) electrons. The minimum Gasteiger partial charge on any atom is -0.376 e. The number of hydrogen-bond donors (Lipinski definition) is 1. The van der Waals surface area contributed by atoms with Crippen molar-refractivity contribution in [3.63, 3.8) is 0 Å². The molecule has 0 aromatic heterocycles. The van der Waals surface area contributed by atoms with Gasteiger partial charge in [-0.25, -0.2) is 4.39 Å². The number of morpholine rings is 1. The third-order valence-electron chi connectivity index (χ3n) is 4.24. The predicted molar refractivity (Wildman–Crippen MR) is 79.1 cm³/mol. The Morgan fingerprint density at radius 3 is 2.60 bits per heavy atom. The zero-order valence-electron chi connectivity index (χ0n) is 12.6. The van der Waals surface area contributed by atoms with Crippen LogP contribution in [0.4, 0.5) is 4.39 Å². The SMILES string of the molecule is CC1CN(C(C)(CN)Cc2ccc(F)cc2)C(C)CO1. The smallest absolute Gasteiger partial charge is 0.123 e. The molecule has 20 heavy (non-hydrogen) atoms. The van der Waals surface area contributed by atoms with Gasteiger partial charge >= 0.3 is 0 Å². The van der Waals surface area contributed by atoms with E-state index in [1.54, 1.807) is 0 Å². The lowest BCUT2D eigenvalue weighted by Gasteiger charge is -2.48. The summed E-state index contributed by atoms with van der Waals surface area (Å²) in [5.74, 6) is -0.198. The average molecular weight is 280 g/mol. The van der Waals surface area contributed by atoms with Crippen LogP contribution in [-0.4, -0.2) is 42.3 Å². The first-order valence-electron chi connectivity index (χ1n) is 7.27. The van der Waals surface area contributed by atoms with E-state index >= 15 is 0 Å². The van der Waals surface area contributed by atoms with Crippen LogP contribution in [-0.2, 0) is 11.2 Å². The zero-order chi connectivity index (χ0) is 14.8. The highest BCUT2D eigenvalue weighted by Gasteiger charge is 2.37. The number of ether oxygens (including phenoxy) is 1. The minimum atomic E-state index is -0.198. The molecule has 0 bridgehead atoms. The van der Waals surface area contributed by atoms with Crippen molar-refractivity contribution in [3.8, 4) is 0 Å². The zero-order valence-corrected chi connectivity index (χ0v) is 12.6. The third kappa shape index (κ3) is 3.37. The Labute approximate surface area is 120 Å². The van der Waals surface area contributed by atoms with E-state index in [1.807, 2.05) is 12.1 Å². The number of nitrogens with two attached hydrogens (primary N) is 1. The lowest BCUT2D eigenvalue weighted by atomic mass is 9.88. The van der Waals surface area contributed by atoms with Crippen LogP contribution in [0.25, 0.3) is 0 Å². The van der Waals surface area contributed by atoms with Gasteiger partial charge in [0.15, 0.2) is 0 Å². The average Bonchev–Trinajstić information content (AvgIpc) is 2.44. The van der Waals surface area contributed by atoms with Gasteiger partial charge in [-0.3, -0.25) is 4.90 Å². The van der Waals surface area contributed by atoms with Crippen LogP contribution in [0.15, 0.2) is 24.3 Å². The molecule has 3 atom stereocenters. The highest BCUT2D eigenvalue weighted by Crippen LogP contribution is 2.26. The molecule has 3 nitrogen and oxygen atoms in total. The van der Waals surface area contributed by atoms with Gasteiger partial charge in [0.25, 0.3) is 0 Å². The molecule has 2 rings (SSSR count). The molecule has 2 N–H and O–H groups in total. The van der Waals surface area contributed by atoms with Crippen molar-refractivity contribution in [2.75, 3.05) is 19.7 Å². The van der Waals surface area contributed by atoms with E-state index in [-0.39, 0.29) is 17.5 Å². The van der Waals surface area contributed by atoms with Crippen LogP contribution in [0.1, 0.15) is 26.3 Å². The van der Waals surface area contributed by atoms with E-state index in [0.29, 0.717) is 12.6 Å². The number of rotatable bonds is 4. The first-order chi connectivity index (χ1) is 9.44. The highest BCUT2D eigenvalue weighted by atomic mass is 19.1. The second-order valence-electron chi connectivity index (χ2n) is 6.15. The van der Waals surface area contributed by atoms with Crippen LogP contribution in [0.2, 0.25) is 0 Å². The summed E-state index contributed by atoms with van der Waals surface area (Å²) in [5, 5.41) is 0. The lowest BCUT2D eigenvalue weighted by Crippen LogP contribution is -2.61. The molecular formula is C16H25FN2O. The van der Waals surface area contributed by atoms with E-state index in [4.69, 9.17) is 10.5 Å².